The van der Waals surface area contributed by atoms with Crippen LogP contribution in [0.3, 0.4) is 0 Å². The number of H-pyrrole nitrogens is 1. The van der Waals surface area contributed by atoms with Crippen molar-refractivity contribution in [2.75, 3.05) is 20.2 Å². The van der Waals surface area contributed by atoms with Crippen molar-refractivity contribution in [1.82, 2.24) is 9.88 Å². The normalized spacial score (nSPS) is 20.1. The molecule has 5 heteroatoms. The molecule has 5 nitrogen and oxygen atoms in total. The van der Waals surface area contributed by atoms with E-state index in [1.807, 2.05) is 0 Å². The van der Waals surface area contributed by atoms with Gasteiger partial charge in [0.05, 0.1) is 13.0 Å². The Morgan fingerprint density at radius 3 is 3.00 bits per heavy atom. The van der Waals surface area contributed by atoms with Crippen molar-refractivity contribution in [3.05, 3.63) is 24.0 Å². The summed E-state index contributed by atoms with van der Waals surface area (Å²) in [6, 6.07) is 3.53. The van der Waals surface area contributed by atoms with Crippen LogP contribution < -0.4 is 0 Å². The maximum Gasteiger partial charge on any atom is 0.310 e. The van der Waals surface area contributed by atoms with Crippen molar-refractivity contribution in [1.29, 1.82) is 0 Å². The zero-order valence-electron chi connectivity index (χ0n) is 9.81. The SMILES string of the molecule is COC(=O)C1CCCN(C(=O)c2ccc[nH]2)C1. The molecule has 1 aliphatic rings. The van der Waals surface area contributed by atoms with E-state index in [0.29, 0.717) is 18.8 Å². The second kappa shape index (κ2) is 5.03. The highest BCUT2D eigenvalue weighted by Crippen LogP contribution is 2.19. The van der Waals surface area contributed by atoms with Crippen molar-refractivity contribution in [2.45, 2.75) is 12.8 Å². The van der Waals surface area contributed by atoms with E-state index in [2.05, 4.69) is 4.98 Å². The minimum absolute atomic E-state index is 0.0522. The van der Waals surface area contributed by atoms with Crippen molar-refractivity contribution in [3.8, 4) is 0 Å². The van der Waals surface area contributed by atoms with Gasteiger partial charge in [-0.2, -0.15) is 0 Å². The van der Waals surface area contributed by atoms with Gasteiger partial charge in [0.25, 0.3) is 5.91 Å². The molecule has 1 aromatic heterocycles. The Morgan fingerprint density at radius 1 is 1.53 bits per heavy atom. The minimum atomic E-state index is -0.228. The van der Waals surface area contributed by atoms with E-state index in [1.54, 1.807) is 23.2 Å². The second-order valence-electron chi connectivity index (χ2n) is 4.20. The first kappa shape index (κ1) is 11.7. The van der Waals surface area contributed by atoms with Gasteiger partial charge < -0.3 is 14.6 Å². The first-order valence-corrected chi connectivity index (χ1v) is 5.73. The van der Waals surface area contributed by atoms with Crippen LogP contribution in [-0.4, -0.2) is 42.0 Å². The summed E-state index contributed by atoms with van der Waals surface area (Å²) in [6.45, 7) is 1.15. The van der Waals surface area contributed by atoms with E-state index < -0.39 is 0 Å². The first-order chi connectivity index (χ1) is 8.22. The minimum Gasteiger partial charge on any atom is -0.469 e. The van der Waals surface area contributed by atoms with E-state index >= 15 is 0 Å². The van der Waals surface area contributed by atoms with E-state index in [4.69, 9.17) is 4.74 Å². The summed E-state index contributed by atoms with van der Waals surface area (Å²) in [5.74, 6) is -0.467. The number of aromatic amines is 1. The number of esters is 1. The molecule has 0 aromatic carbocycles. The van der Waals surface area contributed by atoms with E-state index in [-0.39, 0.29) is 17.8 Å². The maximum absolute atomic E-state index is 12.1. The van der Waals surface area contributed by atoms with E-state index in [0.717, 1.165) is 12.8 Å². The van der Waals surface area contributed by atoms with Crippen LogP contribution in [-0.2, 0) is 9.53 Å². The topological polar surface area (TPSA) is 62.4 Å². The molecule has 1 unspecified atom stereocenters. The number of piperidine rings is 1. The van der Waals surface area contributed by atoms with Crippen LogP contribution in [0.4, 0.5) is 0 Å². The standard InChI is InChI=1S/C12H16N2O3/c1-17-12(16)9-4-3-7-14(8-9)11(15)10-5-2-6-13-10/h2,5-6,9,13H,3-4,7-8H2,1H3. The monoisotopic (exact) mass is 236 g/mol. The lowest BCUT2D eigenvalue weighted by atomic mass is 9.98. The molecule has 1 atom stereocenters. The second-order valence-corrected chi connectivity index (χ2v) is 4.20. The average molecular weight is 236 g/mol. The van der Waals surface area contributed by atoms with Crippen molar-refractivity contribution in [2.24, 2.45) is 5.92 Å². The number of amides is 1. The lowest BCUT2D eigenvalue weighted by molar-refractivity contribution is -0.146. The van der Waals surface area contributed by atoms with Crippen molar-refractivity contribution in [3.63, 3.8) is 0 Å². The van der Waals surface area contributed by atoms with Gasteiger partial charge in [-0.1, -0.05) is 0 Å². The van der Waals surface area contributed by atoms with Crippen LogP contribution in [0.15, 0.2) is 18.3 Å². The Bertz CT molecular complexity index is 400. The van der Waals surface area contributed by atoms with Crippen LogP contribution >= 0.6 is 0 Å². The van der Waals surface area contributed by atoms with Crippen LogP contribution in [0.2, 0.25) is 0 Å². The predicted octanol–water partition coefficient (Wildman–Crippen LogP) is 1.04. The van der Waals surface area contributed by atoms with Crippen LogP contribution in [0.25, 0.3) is 0 Å². The predicted molar refractivity (Wildman–Crippen MR) is 61.4 cm³/mol. The number of hydrogen-bond donors (Lipinski definition) is 1. The smallest absolute Gasteiger partial charge is 0.310 e. The molecule has 1 amide bonds. The molecule has 92 valence electrons. The van der Waals surface area contributed by atoms with Crippen molar-refractivity contribution >= 4 is 11.9 Å². The molecule has 0 radical (unpaired) electrons. The highest BCUT2D eigenvalue weighted by atomic mass is 16.5. The quantitative estimate of drug-likeness (QED) is 0.780. The Balaban J connectivity index is 2.02. The van der Waals surface area contributed by atoms with Crippen LogP contribution in [0.5, 0.6) is 0 Å². The Morgan fingerprint density at radius 2 is 2.35 bits per heavy atom. The number of nitrogens with zero attached hydrogens (tertiary/aromatic N) is 1. The number of carbonyl (C=O) groups is 2. The van der Waals surface area contributed by atoms with Gasteiger partial charge in [0.1, 0.15) is 5.69 Å². The van der Waals surface area contributed by atoms with Gasteiger partial charge >= 0.3 is 5.97 Å². The highest BCUT2D eigenvalue weighted by molar-refractivity contribution is 5.92. The molecule has 1 aromatic rings. The molecule has 0 aliphatic carbocycles. The molecular weight excluding hydrogens is 220 g/mol. The van der Waals surface area contributed by atoms with Gasteiger partial charge in [-0.3, -0.25) is 9.59 Å². The maximum atomic E-state index is 12.1. The number of methoxy groups -OCH3 is 1. The third-order valence-corrected chi connectivity index (χ3v) is 3.07. The summed E-state index contributed by atoms with van der Waals surface area (Å²) >= 11 is 0. The fourth-order valence-electron chi connectivity index (χ4n) is 2.15. The zero-order chi connectivity index (χ0) is 12.3. The lowest BCUT2D eigenvalue weighted by Gasteiger charge is -2.31. The molecule has 1 N–H and O–H groups in total. The molecule has 1 saturated heterocycles. The molecule has 0 spiro atoms. The number of rotatable bonds is 2. The zero-order valence-corrected chi connectivity index (χ0v) is 9.81. The summed E-state index contributed by atoms with van der Waals surface area (Å²) in [7, 11) is 1.38. The third kappa shape index (κ3) is 2.49. The first-order valence-electron chi connectivity index (χ1n) is 5.73. The Hall–Kier alpha value is -1.78. The number of nitrogens with one attached hydrogen (secondary N) is 1. The van der Waals surface area contributed by atoms with Gasteiger partial charge in [0, 0.05) is 19.3 Å². The summed E-state index contributed by atoms with van der Waals surface area (Å²) in [6.07, 6.45) is 3.35. The molecule has 0 bridgehead atoms. The Labute approximate surface area is 99.8 Å². The van der Waals surface area contributed by atoms with Gasteiger partial charge in [0.2, 0.25) is 0 Å². The van der Waals surface area contributed by atoms with Crippen molar-refractivity contribution < 1.29 is 14.3 Å². The fraction of sp³-hybridized carbons (Fsp3) is 0.500. The van der Waals surface area contributed by atoms with Gasteiger partial charge in [-0.15, -0.1) is 0 Å². The van der Waals surface area contributed by atoms with Crippen LogP contribution in [0.1, 0.15) is 23.3 Å². The number of ether oxygens (including phenoxy) is 1. The van der Waals surface area contributed by atoms with E-state index in [9.17, 15) is 9.59 Å². The number of likely N-dealkylation sites (tertiary alicyclic amines) is 1. The summed E-state index contributed by atoms with van der Waals surface area (Å²) < 4.78 is 4.72. The summed E-state index contributed by atoms with van der Waals surface area (Å²) in [4.78, 5) is 28.1. The van der Waals surface area contributed by atoms with E-state index in [1.165, 1.54) is 7.11 Å². The number of hydrogen-bond acceptors (Lipinski definition) is 3. The Kier molecular flexibility index (Phi) is 3.46. The average Bonchev–Trinajstić information content (AvgIpc) is 2.91. The largest absolute Gasteiger partial charge is 0.469 e. The molecular formula is C12H16N2O3. The number of aromatic nitrogens is 1. The molecule has 2 rings (SSSR count). The molecule has 17 heavy (non-hydrogen) atoms. The number of carbonyl (C=O) groups excluding carboxylic acids is 2. The molecule has 1 aliphatic heterocycles. The van der Waals surface area contributed by atoms with Gasteiger partial charge in [-0.05, 0) is 25.0 Å². The lowest BCUT2D eigenvalue weighted by Crippen LogP contribution is -2.42. The summed E-state index contributed by atoms with van der Waals surface area (Å²) in [5.41, 5.74) is 0.565. The highest BCUT2D eigenvalue weighted by Gasteiger charge is 2.29. The molecule has 1 fully saturated rings. The summed E-state index contributed by atoms with van der Waals surface area (Å²) in [5, 5.41) is 0. The van der Waals surface area contributed by atoms with Gasteiger partial charge in [0.15, 0.2) is 0 Å². The molecule has 2 heterocycles. The third-order valence-electron chi connectivity index (χ3n) is 3.07. The van der Waals surface area contributed by atoms with Crippen LogP contribution in [0, 0.1) is 5.92 Å². The van der Waals surface area contributed by atoms with Gasteiger partial charge in [-0.25, -0.2) is 0 Å². The fourth-order valence-corrected chi connectivity index (χ4v) is 2.15. The molecule has 0 saturated carbocycles.